The molecule has 3 heterocycles. The molecule has 1 aliphatic rings. The maximum absolute atomic E-state index is 15.2. The van der Waals surface area contributed by atoms with E-state index in [2.05, 4.69) is 25.0 Å². The summed E-state index contributed by atoms with van der Waals surface area (Å²) in [6.45, 7) is 7.12. The maximum atomic E-state index is 15.2. The molecule has 0 saturated carbocycles. The largest absolute Gasteiger partial charge is 0.444 e. The van der Waals surface area contributed by atoms with Gasteiger partial charge in [-0.1, -0.05) is 30.3 Å². The number of ether oxygens (including phenoxy) is 2. The van der Waals surface area contributed by atoms with Crippen molar-refractivity contribution >= 4 is 38.5 Å². The second-order valence-electron chi connectivity index (χ2n) is 13.5. The average molecular weight is 735 g/mol. The van der Waals surface area contributed by atoms with Crippen molar-refractivity contribution in [1.82, 2.24) is 19.9 Å². The van der Waals surface area contributed by atoms with E-state index >= 15 is 4.39 Å². The van der Waals surface area contributed by atoms with Gasteiger partial charge in [-0.2, -0.15) is 0 Å². The SMILES string of the molecule is Cc1ccc2c(NS(=O)(=O)Cc3ccccc3F)c(F)ccc2c1Oc1ncccc1-c1ccnc(N[C@@H]2C[C@@H](F)CN(C(=O)OC(C)(C)C)C2)n1. The van der Waals surface area contributed by atoms with E-state index in [-0.39, 0.29) is 53.7 Å². The Balaban J connectivity index is 1.26. The zero-order chi connectivity index (χ0) is 37.2. The summed E-state index contributed by atoms with van der Waals surface area (Å²) in [5, 5.41) is 3.73. The Morgan fingerprint density at radius 2 is 1.71 bits per heavy atom. The van der Waals surface area contributed by atoms with Crippen LogP contribution in [0, 0.1) is 18.6 Å². The molecule has 2 N–H and O–H groups in total. The van der Waals surface area contributed by atoms with Crippen LogP contribution in [0.25, 0.3) is 22.0 Å². The molecule has 272 valence electrons. The molecule has 0 bridgehead atoms. The number of carbonyl (C=O) groups excluding carboxylic acids is 1. The van der Waals surface area contributed by atoms with Gasteiger partial charge in [-0.15, -0.1) is 0 Å². The number of hydrogen-bond donors (Lipinski definition) is 2. The van der Waals surface area contributed by atoms with Gasteiger partial charge in [-0.25, -0.2) is 41.3 Å². The molecule has 0 unspecified atom stereocenters. The molecule has 0 spiro atoms. The second-order valence-corrected chi connectivity index (χ2v) is 15.2. The number of nitrogens with one attached hydrogen (secondary N) is 2. The lowest BCUT2D eigenvalue weighted by atomic mass is 10.0. The minimum absolute atomic E-state index is 0.0607. The molecule has 15 heteroatoms. The number of fused-ring (bicyclic) bond motifs is 1. The van der Waals surface area contributed by atoms with E-state index < -0.39 is 51.3 Å². The summed E-state index contributed by atoms with van der Waals surface area (Å²) in [4.78, 5) is 27.4. The smallest absolute Gasteiger partial charge is 0.410 e. The van der Waals surface area contributed by atoms with Crippen molar-refractivity contribution in [3.05, 3.63) is 102 Å². The Morgan fingerprint density at radius 1 is 0.942 bits per heavy atom. The van der Waals surface area contributed by atoms with Crippen molar-refractivity contribution in [3.63, 3.8) is 0 Å². The highest BCUT2D eigenvalue weighted by atomic mass is 32.2. The van der Waals surface area contributed by atoms with Gasteiger partial charge in [0.2, 0.25) is 21.9 Å². The Bertz CT molecular complexity index is 2230. The van der Waals surface area contributed by atoms with Gasteiger partial charge in [0, 0.05) is 47.7 Å². The molecule has 1 saturated heterocycles. The summed E-state index contributed by atoms with van der Waals surface area (Å²) >= 11 is 0. The number of hydrogen-bond acceptors (Lipinski definition) is 9. The van der Waals surface area contributed by atoms with Crippen LogP contribution >= 0.6 is 0 Å². The highest BCUT2D eigenvalue weighted by molar-refractivity contribution is 7.91. The third kappa shape index (κ3) is 8.53. The fourth-order valence-electron chi connectivity index (χ4n) is 5.85. The quantitative estimate of drug-likeness (QED) is 0.156. The minimum atomic E-state index is -4.23. The Kier molecular flexibility index (Phi) is 10.2. The van der Waals surface area contributed by atoms with Gasteiger partial charge >= 0.3 is 6.09 Å². The maximum Gasteiger partial charge on any atom is 0.410 e. The molecule has 5 aromatic rings. The van der Waals surface area contributed by atoms with Crippen LogP contribution in [0.3, 0.4) is 0 Å². The first kappa shape index (κ1) is 36.4. The van der Waals surface area contributed by atoms with Crippen LogP contribution in [-0.4, -0.2) is 65.3 Å². The van der Waals surface area contributed by atoms with Gasteiger partial charge in [-0.05, 0) is 69.7 Å². The summed E-state index contributed by atoms with van der Waals surface area (Å²) in [7, 11) is -4.23. The fraction of sp³-hybridized carbons (Fsp3) is 0.297. The number of nitrogens with zero attached hydrogens (tertiary/aromatic N) is 4. The van der Waals surface area contributed by atoms with Crippen LogP contribution in [-0.2, 0) is 20.5 Å². The third-order valence-corrected chi connectivity index (χ3v) is 9.35. The summed E-state index contributed by atoms with van der Waals surface area (Å²) in [6.07, 6.45) is 1.30. The number of anilines is 2. The lowest BCUT2D eigenvalue weighted by molar-refractivity contribution is 0.0124. The predicted molar refractivity (Wildman–Crippen MR) is 191 cm³/mol. The molecule has 52 heavy (non-hydrogen) atoms. The van der Waals surface area contributed by atoms with Crippen LogP contribution in [0.2, 0.25) is 0 Å². The molecule has 1 aliphatic heterocycles. The molecule has 0 aliphatic carbocycles. The predicted octanol–water partition coefficient (Wildman–Crippen LogP) is 7.77. The van der Waals surface area contributed by atoms with E-state index in [1.807, 2.05) is 0 Å². The number of carbonyl (C=O) groups is 1. The van der Waals surface area contributed by atoms with Crippen molar-refractivity contribution in [2.45, 2.75) is 57.7 Å². The number of amides is 1. The van der Waals surface area contributed by atoms with E-state index in [1.54, 1.807) is 58.0 Å². The van der Waals surface area contributed by atoms with Crippen molar-refractivity contribution in [2.24, 2.45) is 0 Å². The molecule has 1 amide bonds. The lowest BCUT2D eigenvalue weighted by Crippen LogP contribution is -2.51. The molecular formula is C37H37F3N6O5S. The van der Waals surface area contributed by atoms with Gasteiger partial charge in [0.15, 0.2) is 0 Å². The molecule has 2 atom stereocenters. The van der Waals surface area contributed by atoms with Crippen molar-refractivity contribution < 1.29 is 35.9 Å². The Hall–Kier alpha value is -5.44. The number of alkyl halides is 1. The normalized spacial score (nSPS) is 16.4. The summed E-state index contributed by atoms with van der Waals surface area (Å²) in [5.74, 6) is -1.59. The van der Waals surface area contributed by atoms with Crippen molar-refractivity contribution in [2.75, 3.05) is 23.1 Å². The van der Waals surface area contributed by atoms with Gasteiger partial charge in [0.1, 0.15) is 29.2 Å². The number of aromatic nitrogens is 3. The summed E-state index contributed by atoms with van der Waals surface area (Å²) in [6, 6.07) is 15.9. The minimum Gasteiger partial charge on any atom is -0.444 e. The van der Waals surface area contributed by atoms with E-state index in [4.69, 9.17) is 9.47 Å². The third-order valence-electron chi connectivity index (χ3n) is 8.14. The molecule has 6 rings (SSSR count). The number of halogens is 3. The summed E-state index contributed by atoms with van der Waals surface area (Å²) in [5.41, 5.74) is 0.440. The number of pyridine rings is 1. The fourth-order valence-corrected chi connectivity index (χ4v) is 7.09. The first-order valence-electron chi connectivity index (χ1n) is 16.5. The van der Waals surface area contributed by atoms with Crippen LogP contribution in [0.15, 0.2) is 79.1 Å². The topological polar surface area (TPSA) is 136 Å². The molecule has 0 radical (unpaired) electrons. The standard InChI is InChI=1S/C37H37F3N6O5S/c1-22-11-12-26-27(13-14-30(40)32(26)45-52(48,49)21-23-8-5-6-10-29(23)39)33(22)50-34-28(9-7-16-41-34)31-15-17-42-35(44-31)43-25-18-24(38)19-46(20-25)36(47)51-37(2,3)4/h5-17,24-25,45H,18-21H2,1-4H3,(H,42,43,44)/t24-,25-/m1/s1. The average Bonchev–Trinajstić information content (AvgIpc) is 3.07. The van der Waals surface area contributed by atoms with Gasteiger partial charge in [-0.3, -0.25) is 4.72 Å². The molecule has 2 aromatic heterocycles. The van der Waals surface area contributed by atoms with Gasteiger partial charge in [0.05, 0.1) is 29.2 Å². The Labute approximate surface area is 299 Å². The monoisotopic (exact) mass is 734 g/mol. The van der Waals surface area contributed by atoms with Gasteiger partial charge in [0.25, 0.3) is 0 Å². The summed E-state index contributed by atoms with van der Waals surface area (Å²) < 4.78 is 84.5. The van der Waals surface area contributed by atoms with E-state index in [0.717, 1.165) is 12.1 Å². The number of piperidine rings is 1. The molecule has 3 aromatic carbocycles. The van der Waals surface area contributed by atoms with E-state index in [1.165, 1.54) is 41.6 Å². The first-order chi connectivity index (χ1) is 24.7. The number of aryl methyl sites for hydroxylation is 1. The number of likely N-dealkylation sites (tertiary alicyclic amines) is 1. The number of rotatable bonds is 9. The highest BCUT2D eigenvalue weighted by Crippen LogP contribution is 2.40. The molecular weight excluding hydrogens is 698 g/mol. The zero-order valence-electron chi connectivity index (χ0n) is 28.9. The van der Waals surface area contributed by atoms with Gasteiger partial charge < -0.3 is 19.7 Å². The van der Waals surface area contributed by atoms with Crippen molar-refractivity contribution in [1.29, 1.82) is 0 Å². The van der Waals surface area contributed by atoms with Crippen LogP contribution in [0.5, 0.6) is 11.6 Å². The zero-order valence-corrected chi connectivity index (χ0v) is 29.7. The Morgan fingerprint density at radius 3 is 2.48 bits per heavy atom. The van der Waals surface area contributed by atoms with Crippen LogP contribution < -0.4 is 14.8 Å². The van der Waals surface area contributed by atoms with Crippen LogP contribution in [0.1, 0.15) is 38.3 Å². The number of sulfonamides is 1. The van der Waals surface area contributed by atoms with E-state index in [9.17, 15) is 22.0 Å². The second kappa shape index (κ2) is 14.7. The highest BCUT2D eigenvalue weighted by Gasteiger charge is 2.33. The van der Waals surface area contributed by atoms with E-state index in [0.29, 0.717) is 22.2 Å². The van der Waals surface area contributed by atoms with Crippen LogP contribution in [0.4, 0.5) is 29.6 Å². The number of benzene rings is 3. The molecule has 11 nitrogen and oxygen atoms in total. The first-order valence-corrected chi connectivity index (χ1v) is 18.1. The molecule has 1 fully saturated rings. The lowest BCUT2D eigenvalue weighted by Gasteiger charge is -2.36. The van der Waals surface area contributed by atoms with Crippen molar-refractivity contribution in [3.8, 4) is 22.9 Å².